The van der Waals surface area contributed by atoms with Crippen molar-refractivity contribution in [2.45, 2.75) is 78.1 Å². The van der Waals surface area contributed by atoms with Crippen LogP contribution in [-0.2, 0) is 14.9 Å². The zero-order valence-corrected chi connectivity index (χ0v) is 16.8. The number of nitrogens with two attached hydrogens (primary N) is 1. The number of primary amides is 1. The van der Waals surface area contributed by atoms with Crippen LogP contribution < -0.4 is 5.73 Å². The Morgan fingerprint density at radius 2 is 1.24 bits per heavy atom. The fraction of sp³-hybridized carbons (Fsp3) is 0.929. The van der Waals surface area contributed by atoms with Crippen LogP contribution in [0.15, 0.2) is 0 Å². The molecule has 0 unspecified atom stereocenters. The maximum Gasteiger partial charge on any atom is 0.264 e. The topological polar surface area (TPSA) is 97.5 Å². The van der Waals surface area contributed by atoms with Gasteiger partial charge in [0.15, 0.2) is 0 Å². The summed E-state index contributed by atoms with van der Waals surface area (Å²) in [7, 11) is -3.66. The summed E-state index contributed by atoms with van der Waals surface area (Å²) in [5, 5.41) is 0. The molecule has 0 aliphatic carbocycles. The van der Waals surface area contributed by atoms with Crippen LogP contribution in [0.25, 0.3) is 0 Å². The molecule has 0 aliphatic rings. The van der Waals surface area contributed by atoms with Crippen molar-refractivity contribution in [3.63, 3.8) is 0 Å². The molecule has 0 spiro atoms. The summed E-state index contributed by atoms with van der Waals surface area (Å²) in [5.74, 6) is -0.361. The van der Waals surface area contributed by atoms with E-state index in [1.54, 1.807) is 0 Å². The van der Waals surface area contributed by atoms with Crippen molar-refractivity contribution < 1.29 is 17.8 Å². The molecule has 0 saturated heterocycles. The van der Waals surface area contributed by atoms with E-state index in [1.807, 2.05) is 0 Å². The average Bonchev–Trinajstić information content (AvgIpc) is 2.36. The first-order valence-corrected chi connectivity index (χ1v) is 9.17. The Hall–Kier alpha value is 0.380. The number of hydrogen-bond acceptors (Lipinski definition) is 3. The SMILES string of the molecule is CCCCCCCCCCCC(N)=O.CCS(=O)(=O)O.[Na]. The normalized spacial score (nSPS) is 10.2. The van der Waals surface area contributed by atoms with Crippen molar-refractivity contribution in [1.29, 1.82) is 0 Å². The summed E-state index contributed by atoms with van der Waals surface area (Å²) in [6.07, 6.45) is 12.1. The maximum absolute atomic E-state index is 10.4. The van der Waals surface area contributed by atoms with Gasteiger partial charge in [-0.15, -0.1) is 0 Å². The molecule has 1 radical (unpaired) electrons. The molecule has 3 N–H and O–H groups in total. The zero-order chi connectivity index (χ0) is 15.9. The van der Waals surface area contributed by atoms with Crippen LogP contribution in [0.2, 0.25) is 0 Å². The van der Waals surface area contributed by atoms with Gasteiger partial charge in [-0.05, 0) is 13.3 Å². The van der Waals surface area contributed by atoms with E-state index in [4.69, 9.17) is 10.3 Å². The average molecular weight is 332 g/mol. The predicted octanol–water partition coefficient (Wildman–Crippen LogP) is 2.91. The first kappa shape index (κ1) is 26.3. The number of rotatable bonds is 11. The predicted molar refractivity (Wildman–Crippen MR) is 88.9 cm³/mol. The van der Waals surface area contributed by atoms with E-state index in [1.165, 1.54) is 51.9 Å². The van der Waals surface area contributed by atoms with Crippen LogP contribution >= 0.6 is 0 Å². The fourth-order valence-corrected chi connectivity index (χ4v) is 1.61. The smallest absolute Gasteiger partial charge is 0.264 e. The van der Waals surface area contributed by atoms with Gasteiger partial charge in [0.25, 0.3) is 10.1 Å². The molecule has 0 aromatic heterocycles. The van der Waals surface area contributed by atoms with Crippen LogP contribution in [0.4, 0.5) is 0 Å². The van der Waals surface area contributed by atoms with E-state index in [0.29, 0.717) is 6.42 Å². The second-order valence-corrected chi connectivity index (χ2v) is 6.66. The Bertz CT molecular complexity index is 321. The van der Waals surface area contributed by atoms with E-state index in [0.717, 1.165) is 12.8 Å². The van der Waals surface area contributed by atoms with Gasteiger partial charge in [0.2, 0.25) is 5.91 Å². The monoisotopic (exact) mass is 332 g/mol. The molecule has 0 aromatic carbocycles. The van der Waals surface area contributed by atoms with E-state index < -0.39 is 10.1 Å². The van der Waals surface area contributed by atoms with Crippen LogP contribution in [0.3, 0.4) is 0 Å². The summed E-state index contributed by atoms with van der Waals surface area (Å²) >= 11 is 0. The van der Waals surface area contributed by atoms with E-state index >= 15 is 0 Å². The molecule has 0 atom stereocenters. The molecular formula is C14H31NNaO4S. The third kappa shape index (κ3) is 33.3. The maximum atomic E-state index is 10.4. The largest absolute Gasteiger partial charge is 0.370 e. The van der Waals surface area contributed by atoms with Gasteiger partial charge >= 0.3 is 0 Å². The number of carbonyl (C=O) groups is 1. The van der Waals surface area contributed by atoms with E-state index in [2.05, 4.69) is 6.92 Å². The third-order valence-electron chi connectivity index (χ3n) is 2.89. The van der Waals surface area contributed by atoms with Gasteiger partial charge in [0.1, 0.15) is 0 Å². The van der Waals surface area contributed by atoms with Gasteiger partial charge in [-0.25, -0.2) is 0 Å². The molecule has 0 bridgehead atoms. The van der Waals surface area contributed by atoms with Crippen LogP contribution in [0.1, 0.15) is 78.1 Å². The molecule has 1 amide bonds. The van der Waals surface area contributed by atoms with Crippen LogP contribution in [0, 0.1) is 0 Å². The first-order chi connectivity index (χ1) is 9.33. The molecule has 0 rings (SSSR count). The van der Waals surface area contributed by atoms with Gasteiger partial charge in [0.05, 0.1) is 5.75 Å². The van der Waals surface area contributed by atoms with Gasteiger partial charge in [0, 0.05) is 36.0 Å². The Morgan fingerprint density at radius 3 is 1.52 bits per heavy atom. The van der Waals surface area contributed by atoms with Gasteiger partial charge < -0.3 is 5.73 Å². The summed E-state index contributed by atoms with van der Waals surface area (Å²) < 4.78 is 26.9. The van der Waals surface area contributed by atoms with Gasteiger partial charge in [-0.2, -0.15) is 8.42 Å². The molecule has 7 heteroatoms. The third-order valence-corrected chi connectivity index (χ3v) is 3.62. The molecule has 5 nitrogen and oxygen atoms in total. The molecule has 21 heavy (non-hydrogen) atoms. The van der Waals surface area contributed by atoms with Crippen LogP contribution in [-0.4, -0.2) is 54.2 Å². The van der Waals surface area contributed by atoms with E-state index in [9.17, 15) is 13.2 Å². The number of carbonyl (C=O) groups excluding carboxylic acids is 1. The van der Waals surface area contributed by atoms with E-state index in [-0.39, 0.29) is 41.2 Å². The second kappa shape index (κ2) is 18.4. The molecule has 0 aliphatic heterocycles. The van der Waals surface area contributed by atoms with Crippen molar-refractivity contribution in [2.24, 2.45) is 5.73 Å². The Labute approximate surface area is 152 Å². The zero-order valence-electron chi connectivity index (χ0n) is 13.9. The van der Waals surface area contributed by atoms with Gasteiger partial charge in [-0.1, -0.05) is 58.3 Å². The Morgan fingerprint density at radius 1 is 0.905 bits per heavy atom. The summed E-state index contributed by atoms with van der Waals surface area (Å²) in [6, 6.07) is 0. The molecular weight excluding hydrogens is 301 g/mol. The standard InChI is InChI=1S/C12H25NO.C2H6O3S.Na/c1-2-3-4-5-6-7-8-9-10-11-12(13)14;1-2-6(3,4)5;/h2-11H2,1H3,(H2,13,14);2H2,1H3,(H,3,4,5);. The number of amides is 1. The van der Waals surface area contributed by atoms with Crippen molar-refractivity contribution in [2.75, 3.05) is 5.75 Å². The fourth-order valence-electron chi connectivity index (χ4n) is 1.61. The summed E-state index contributed by atoms with van der Waals surface area (Å²) in [6.45, 7) is 3.61. The minimum atomic E-state index is -3.66. The van der Waals surface area contributed by atoms with Crippen molar-refractivity contribution in [3.05, 3.63) is 0 Å². The Kier molecular flexibility index (Phi) is 23.1. The minimum Gasteiger partial charge on any atom is -0.370 e. The molecule has 0 aromatic rings. The number of hydrogen-bond donors (Lipinski definition) is 2. The number of unbranched alkanes of at least 4 members (excludes halogenated alkanes) is 8. The Balaban J connectivity index is -0.000000394. The summed E-state index contributed by atoms with van der Waals surface area (Å²) in [5.41, 5.74) is 5.05. The minimum absolute atomic E-state index is 0. The summed E-state index contributed by atoms with van der Waals surface area (Å²) in [4.78, 5) is 10.4. The quantitative estimate of drug-likeness (QED) is 0.345. The molecule has 0 saturated carbocycles. The molecule has 123 valence electrons. The first-order valence-electron chi connectivity index (χ1n) is 7.57. The van der Waals surface area contributed by atoms with Crippen molar-refractivity contribution >= 4 is 45.6 Å². The van der Waals surface area contributed by atoms with Gasteiger partial charge in [-0.3, -0.25) is 9.35 Å². The second-order valence-electron chi connectivity index (χ2n) is 4.92. The van der Waals surface area contributed by atoms with Crippen LogP contribution in [0.5, 0.6) is 0 Å². The van der Waals surface area contributed by atoms with Crippen molar-refractivity contribution in [3.8, 4) is 0 Å². The molecule has 0 heterocycles. The molecule has 0 fully saturated rings. The van der Waals surface area contributed by atoms with Crippen molar-refractivity contribution in [1.82, 2.24) is 0 Å².